The lowest BCUT2D eigenvalue weighted by Gasteiger charge is -2.11. The van der Waals surface area contributed by atoms with Gasteiger partial charge in [0, 0.05) is 22.1 Å². The van der Waals surface area contributed by atoms with E-state index in [4.69, 9.17) is 11.6 Å². The Bertz CT molecular complexity index is 1150. The van der Waals surface area contributed by atoms with Gasteiger partial charge in [0.1, 0.15) is 0 Å². The Morgan fingerprint density at radius 3 is 2.10 bits per heavy atom. The Hall–Kier alpha value is -3.03. The van der Waals surface area contributed by atoms with Crippen molar-refractivity contribution in [2.24, 2.45) is 0 Å². The number of benzene rings is 3. The van der Waals surface area contributed by atoms with Crippen molar-refractivity contribution < 1.29 is 13.2 Å². The minimum Gasteiger partial charge on any atom is -0.308 e. The average Bonchev–Trinajstić information content (AvgIpc) is 2.65. The van der Waals surface area contributed by atoms with Crippen LogP contribution in [0.2, 0.25) is 5.02 Å². The summed E-state index contributed by atoms with van der Waals surface area (Å²) in [6.07, 6.45) is 0. The van der Waals surface area contributed by atoms with E-state index < -0.39 is 16.1 Å². The number of urea groups is 1. The van der Waals surface area contributed by atoms with E-state index in [0.29, 0.717) is 22.1 Å². The number of nitrogens with one attached hydrogen (secondary N) is 3. The molecule has 3 aromatic carbocycles. The molecule has 0 atom stereocenters. The van der Waals surface area contributed by atoms with Crippen LogP contribution in [-0.4, -0.2) is 14.4 Å². The number of carbonyl (C=O) groups excluding carboxylic acids is 1. The molecule has 0 aromatic heterocycles. The summed E-state index contributed by atoms with van der Waals surface area (Å²) in [5, 5.41) is 5.81. The third kappa shape index (κ3) is 5.49. The smallest absolute Gasteiger partial charge is 0.308 e. The van der Waals surface area contributed by atoms with Crippen LogP contribution in [-0.2, 0) is 10.0 Å². The molecule has 3 rings (SSSR count). The minimum absolute atomic E-state index is 0.0940. The van der Waals surface area contributed by atoms with Gasteiger partial charge in [0.2, 0.25) is 0 Å². The number of rotatable bonds is 5. The second-order valence-corrected chi connectivity index (χ2v) is 8.64. The largest absolute Gasteiger partial charge is 0.323 e. The molecule has 6 nitrogen and oxygen atoms in total. The quantitative estimate of drug-likeness (QED) is 0.507. The number of aryl methyl sites for hydroxylation is 2. The lowest BCUT2D eigenvalue weighted by atomic mass is 10.1. The summed E-state index contributed by atoms with van der Waals surface area (Å²) in [7, 11) is -3.73. The summed E-state index contributed by atoms with van der Waals surface area (Å²) in [6.45, 7) is 3.88. The van der Waals surface area contributed by atoms with Crippen molar-refractivity contribution in [2.45, 2.75) is 18.7 Å². The van der Waals surface area contributed by atoms with Crippen molar-refractivity contribution in [1.29, 1.82) is 0 Å². The van der Waals surface area contributed by atoms with Crippen LogP contribution in [0.15, 0.2) is 71.6 Å². The molecule has 0 radical (unpaired) electrons. The average molecular weight is 430 g/mol. The van der Waals surface area contributed by atoms with Gasteiger partial charge in [0.15, 0.2) is 0 Å². The third-order valence-electron chi connectivity index (χ3n) is 4.26. The fraction of sp³-hybridized carbons (Fsp3) is 0.0952. The van der Waals surface area contributed by atoms with Gasteiger partial charge in [-0.1, -0.05) is 23.7 Å². The number of carbonyl (C=O) groups is 1. The minimum atomic E-state index is -3.73. The van der Waals surface area contributed by atoms with Crippen LogP contribution >= 0.6 is 11.6 Å². The van der Waals surface area contributed by atoms with E-state index in [1.807, 2.05) is 19.9 Å². The molecule has 0 heterocycles. The van der Waals surface area contributed by atoms with Gasteiger partial charge in [0.25, 0.3) is 10.0 Å². The van der Waals surface area contributed by atoms with Crippen molar-refractivity contribution in [2.75, 3.05) is 15.4 Å². The molecule has 0 aliphatic carbocycles. The Morgan fingerprint density at radius 2 is 1.45 bits per heavy atom. The highest BCUT2D eigenvalue weighted by Gasteiger charge is 2.15. The van der Waals surface area contributed by atoms with Crippen LogP contribution in [0.4, 0.5) is 21.9 Å². The maximum atomic E-state index is 12.6. The number of hydrogen-bond acceptors (Lipinski definition) is 3. The monoisotopic (exact) mass is 429 g/mol. The molecule has 29 heavy (non-hydrogen) atoms. The molecule has 2 amide bonds. The van der Waals surface area contributed by atoms with Gasteiger partial charge in [-0.25, -0.2) is 13.2 Å². The van der Waals surface area contributed by atoms with Crippen LogP contribution in [0.5, 0.6) is 0 Å². The summed E-state index contributed by atoms with van der Waals surface area (Å²) in [4.78, 5) is 12.2. The van der Waals surface area contributed by atoms with E-state index in [0.717, 1.165) is 11.1 Å². The Labute approximate surface area is 175 Å². The topological polar surface area (TPSA) is 87.3 Å². The number of amides is 2. The number of sulfonamides is 1. The first kappa shape index (κ1) is 20.7. The Morgan fingerprint density at radius 1 is 0.793 bits per heavy atom. The summed E-state index contributed by atoms with van der Waals surface area (Å²) in [6, 6.07) is 17.6. The molecule has 0 unspecified atom stereocenters. The fourth-order valence-electron chi connectivity index (χ4n) is 2.60. The van der Waals surface area contributed by atoms with Crippen LogP contribution in [0.25, 0.3) is 0 Å². The summed E-state index contributed by atoms with van der Waals surface area (Å²) >= 11 is 5.89. The van der Waals surface area contributed by atoms with Crippen molar-refractivity contribution in [3.63, 3.8) is 0 Å². The van der Waals surface area contributed by atoms with Crippen LogP contribution in [0.3, 0.4) is 0 Å². The van der Waals surface area contributed by atoms with Gasteiger partial charge < -0.3 is 10.6 Å². The molecule has 0 aliphatic heterocycles. The van der Waals surface area contributed by atoms with Crippen LogP contribution < -0.4 is 15.4 Å². The van der Waals surface area contributed by atoms with Gasteiger partial charge in [-0.2, -0.15) is 0 Å². The highest BCUT2D eigenvalue weighted by atomic mass is 35.5. The maximum absolute atomic E-state index is 12.6. The van der Waals surface area contributed by atoms with E-state index in [2.05, 4.69) is 15.4 Å². The lowest BCUT2D eigenvalue weighted by Crippen LogP contribution is -2.19. The SMILES string of the molecule is Cc1ccc(NS(=O)(=O)c2ccc(NC(=O)Nc3cccc(Cl)c3)cc2)cc1C. The first-order valence-electron chi connectivity index (χ1n) is 8.77. The molecule has 0 bridgehead atoms. The van der Waals surface area contributed by atoms with Gasteiger partial charge >= 0.3 is 6.03 Å². The Kier molecular flexibility index (Phi) is 6.10. The van der Waals surface area contributed by atoms with Gasteiger partial charge in [0.05, 0.1) is 4.90 Å². The first-order chi connectivity index (χ1) is 13.7. The predicted octanol–water partition coefficient (Wildman–Crippen LogP) is 5.40. The van der Waals surface area contributed by atoms with E-state index in [-0.39, 0.29) is 4.90 Å². The summed E-state index contributed by atoms with van der Waals surface area (Å²) in [5.74, 6) is 0. The van der Waals surface area contributed by atoms with Crippen molar-refractivity contribution in [3.05, 3.63) is 82.9 Å². The summed E-state index contributed by atoms with van der Waals surface area (Å²) in [5.41, 5.74) is 3.58. The molecule has 0 fully saturated rings. The molecule has 8 heteroatoms. The normalized spacial score (nSPS) is 11.0. The van der Waals surface area contributed by atoms with Gasteiger partial charge in [-0.05, 0) is 79.6 Å². The van der Waals surface area contributed by atoms with E-state index >= 15 is 0 Å². The zero-order valence-corrected chi connectivity index (χ0v) is 17.4. The molecular weight excluding hydrogens is 410 g/mol. The molecule has 3 aromatic rings. The lowest BCUT2D eigenvalue weighted by molar-refractivity contribution is 0.262. The maximum Gasteiger partial charge on any atom is 0.323 e. The molecular formula is C21H20ClN3O3S. The fourth-order valence-corrected chi connectivity index (χ4v) is 3.84. The zero-order chi connectivity index (χ0) is 21.0. The molecule has 0 saturated heterocycles. The van der Waals surface area contributed by atoms with Crippen molar-refractivity contribution in [1.82, 2.24) is 0 Å². The second-order valence-electron chi connectivity index (χ2n) is 6.52. The summed E-state index contributed by atoms with van der Waals surface area (Å²) < 4.78 is 27.7. The van der Waals surface area contributed by atoms with Crippen molar-refractivity contribution >= 4 is 44.7 Å². The predicted molar refractivity (Wildman–Crippen MR) is 117 cm³/mol. The zero-order valence-electron chi connectivity index (χ0n) is 15.9. The molecule has 3 N–H and O–H groups in total. The van der Waals surface area contributed by atoms with Gasteiger partial charge in [-0.3, -0.25) is 4.72 Å². The van der Waals surface area contributed by atoms with Crippen molar-refractivity contribution in [3.8, 4) is 0 Å². The molecule has 0 spiro atoms. The number of halogens is 1. The van der Waals surface area contributed by atoms with Crippen LogP contribution in [0, 0.1) is 13.8 Å². The number of anilines is 3. The van der Waals surface area contributed by atoms with Crippen LogP contribution in [0.1, 0.15) is 11.1 Å². The first-order valence-corrected chi connectivity index (χ1v) is 10.6. The van der Waals surface area contributed by atoms with E-state index in [9.17, 15) is 13.2 Å². The van der Waals surface area contributed by atoms with E-state index in [1.54, 1.807) is 36.4 Å². The highest BCUT2D eigenvalue weighted by molar-refractivity contribution is 7.92. The van der Waals surface area contributed by atoms with E-state index in [1.165, 1.54) is 24.3 Å². The van der Waals surface area contributed by atoms with Gasteiger partial charge in [-0.15, -0.1) is 0 Å². The Balaban J connectivity index is 1.67. The standard InChI is InChI=1S/C21H20ClN3O3S/c1-14-6-7-19(12-15(14)2)25-29(27,28)20-10-8-17(9-11-20)23-21(26)24-18-5-3-4-16(22)13-18/h3-13,25H,1-2H3,(H2,23,24,26). The number of hydrogen-bond donors (Lipinski definition) is 3. The molecule has 0 aliphatic rings. The molecule has 150 valence electrons. The molecule has 0 saturated carbocycles. The highest BCUT2D eigenvalue weighted by Crippen LogP contribution is 2.21. The third-order valence-corrected chi connectivity index (χ3v) is 5.90. The second kappa shape index (κ2) is 8.55.